The summed E-state index contributed by atoms with van der Waals surface area (Å²) in [6.07, 6.45) is 0. The predicted molar refractivity (Wildman–Crippen MR) is 103 cm³/mol. The van der Waals surface area contributed by atoms with E-state index in [0.717, 1.165) is 11.6 Å². The van der Waals surface area contributed by atoms with E-state index in [-0.39, 0.29) is 17.2 Å². The van der Waals surface area contributed by atoms with Crippen molar-refractivity contribution >= 4 is 34.0 Å². The zero-order chi connectivity index (χ0) is 19.4. The van der Waals surface area contributed by atoms with E-state index >= 15 is 0 Å². The Kier molecular flexibility index (Phi) is 5.46. The van der Waals surface area contributed by atoms with Crippen molar-refractivity contribution < 1.29 is 18.7 Å². The van der Waals surface area contributed by atoms with Gasteiger partial charge in [0.1, 0.15) is 11.6 Å². The van der Waals surface area contributed by atoms with Crippen LogP contribution in [0, 0.1) is 5.82 Å². The van der Waals surface area contributed by atoms with Gasteiger partial charge in [0, 0.05) is 23.6 Å². The first-order valence-electron chi connectivity index (χ1n) is 7.94. The fourth-order valence-corrected chi connectivity index (χ4v) is 3.13. The molecule has 1 heterocycles. The number of anilines is 2. The Morgan fingerprint density at radius 2 is 1.85 bits per heavy atom. The van der Waals surface area contributed by atoms with Gasteiger partial charge in [-0.3, -0.25) is 14.9 Å². The van der Waals surface area contributed by atoms with Gasteiger partial charge >= 0.3 is 0 Å². The lowest BCUT2D eigenvalue weighted by molar-refractivity contribution is -0.114. The summed E-state index contributed by atoms with van der Waals surface area (Å²) in [6, 6.07) is 10.9. The second-order valence-corrected chi connectivity index (χ2v) is 6.45. The van der Waals surface area contributed by atoms with E-state index in [1.807, 2.05) is 12.1 Å². The standard InChI is InChI=1S/C19H16FN3O3S/c1-11(24)21-14-6-3-12(4-7-14)16-10-27-19(22-16)23-18(25)15-9-13(20)5-8-17(15)26-2/h3-10H,1-2H3,(H,21,24)(H,22,23,25). The molecule has 0 aliphatic heterocycles. The molecule has 2 amide bonds. The minimum Gasteiger partial charge on any atom is -0.496 e. The van der Waals surface area contributed by atoms with Crippen LogP contribution in [0.2, 0.25) is 0 Å². The van der Waals surface area contributed by atoms with Gasteiger partial charge in [0.2, 0.25) is 5.91 Å². The fourth-order valence-electron chi connectivity index (χ4n) is 2.41. The van der Waals surface area contributed by atoms with Crippen molar-refractivity contribution in [3.8, 4) is 17.0 Å². The molecule has 2 N–H and O–H groups in total. The summed E-state index contributed by atoms with van der Waals surface area (Å²) in [6.45, 7) is 1.44. The van der Waals surface area contributed by atoms with Crippen LogP contribution in [0.3, 0.4) is 0 Å². The zero-order valence-corrected chi connectivity index (χ0v) is 15.4. The quantitative estimate of drug-likeness (QED) is 0.691. The summed E-state index contributed by atoms with van der Waals surface area (Å²) in [5.41, 5.74) is 2.29. The summed E-state index contributed by atoms with van der Waals surface area (Å²) in [7, 11) is 1.41. The minimum absolute atomic E-state index is 0.0916. The van der Waals surface area contributed by atoms with Gasteiger partial charge in [-0.2, -0.15) is 0 Å². The second kappa shape index (κ2) is 7.96. The van der Waals surface area contributed by atoms with Crippen LogP contribution < -0.4 is 15.4 Å². The first-order chi connectivity index (χ1) is 13.0. The number of halogens is 1. The maximum absolute atomic E-state index is 13.4. The van der Waals surface area contributed by atoms with Crippen molar-refractivity contribution in [3.63, 3.8) is 0 Å². The third-order valence-electron chi connectivity index (χ3n) is 3.63. The average Bonchev–Trinajstić information content (AvgIpc) is 3.10. The molecule has 0 saturated carbocycles. The highest BCUT2D eigenvalue weighted by atomic mass is 32.1. The molecule has 0 spiro atoms. The van der Waals surface area contributed by atoms with Crippen LogP contribution in [-0.2, 0) is 4.79 Å². The molecule has 2 aromatic carbocycles. The first kappa shape index (κ1) is 18.5. The number of ether oxygens (including phenoxy) is 1. The molecular formula is C19H16FN3O3S. The highest BCUT2D eigenvalue weighted by Gasteiger charge is 2.15. The number of nitrogens with one attached hydrogen (secondary N) is 2. The highest BCUT2D eigenvalue weighted by Crippen LogP contribution is 2.27. The number of nitrogens with zero attached hydrogens (tertiary/aromatic N) is 1. The molecule has 1 aromatic heterocycles. The molecule has 0 atom stereocenters. The molecule has 138 valence electrons. The summed E-state index contributed by atoms with van der Waals surface area (Å²) in [5, 5.41) is 7.52. The lowest BCUT2D eigenvalue weighted by atomic mass is 10.1. The third-order valence-corrected chi connectivity index (χ3v) is 4.39. The van der Waals surface area contributed by atoms with Gasteiger partial charge in [0.25, 0.3) is 5.91 Å². The van der Waals surface area contributed by atoms with Gasteiger partial charge in [0.15, 0.2) is 5.13 Å². The van der Waals surface area contributed by atoms with Crippen molar-refractivity contribution in [2.45, 2.75) is 6.92 Å². The van der Waals surface area contributed by atoms with Gasteiger partial charge in [0.05, 0.1) is 18.4 Å². The topological polar surface area (TPSA) is 80.3 Å². The number of methoxy groups -OCH3 is 1. The molecule has 8 heteroatoms. The van der Waals surface area contributed by atoms with Crippen LogP contribution in [0.25, 0.3) is 11.3 Å². The number of rotatable bonds is 5. The van der Waals surface area contributed by atoms with Gasteiger partial charge in [-0.15, -0.1) is 11.3 Å². The Morgan fingerprint density at radius 1 is 1.11 bits per heavy atom. The van der Waals surface area contributed by atoms with Crippen LogP contribution >= 0.6 is 11.3 Å². The molecule has 0 radical (unpaired) electrons. The van der Waals surface area contributed by atoms with Crippen molar-refractivity contribution in [2.24, 2.45) is 0 Å². The SMILES string of the molecule is COc1ccc(F)cc1C(=O)Nc1nc(-c2ccc(NC(C)=O)cc2)cs1. The molecule has 3 aromatic rings. The molecule has 6 nitrogen and oxygen atoms in total. The summed E-state index contributed by atoms with van der Waals surface area (Å²) in [5.74, 6) is -0.901. The number of thiazole rings is 1. The van der Waals surface area contributed by atoms with E-state index in [9.17, 15) is 14.0 Å². The lowest BCUT2D eigenvalue weighted by Crippen LogP contribution is -2.13. The molecule has 0 fully saturated rings. The van der Waals surface area contributed by atoms with Crippen molar-refractivity contribution in [1.29, 1.82) is 0 Å². The average molecular weight is 385 g/mol. The Bertz CT molecular complexity index is 986. The van der Waals surface area contributed by atoms with E-state index in [1.54, 1.807) is 17.5 Å². The van der Waals surface area contributed by atoms with Gasteiger partial charge < -0.3 is 10.1 Å². The summed E-state index contributed by atoms with van der Waals surface area (Å²) < 4.78 is 18.5. The maximum atomic E-state index is 13.4. The maximum Gasteiger partial charge on any atom is 0.261 e. The van der Waals surface area contributed by atoms with Crippen molar-refractivity contribution in [1.82, 2.24) is 4.98 Å². The number of benzene rings is 2. The Hall–Kier alpha value is -3.26. The molecule has 0 saturated heterocycles. The summed E-state index contributed by atoms with van der Waals surface area (Å²) in [4.78, 5) is 27.9. The van der Waals surface area contributed by atoms with E-state index in [0.29, 0.717) is 16.5 Å². The monoisotopic (exact) mass is 385 g/mol. The van der Waals surface area contributed by atoms with Crippen LogP contribution in [0.4, 0.5) is 15.2 Å². The van der Waals surface area contributed by atoms with Crippen molar-refractivity contribution in [3.05, 3.63) is 59.2 Å². The zero-order valence-electron chi connectivity index (χ0n) is 14.6. The normalized spacial score (nSPS) is 10.3. The van der Waals surface area contributed by atoms with Crippen LogP contribution in [0.15, 0.2) is 47.8 Å². The largest absolute Gasteiger partial charge is 0.496 e. The number of carbonyl (C=O) groups excluding carboxylic acids is 2. The smallest absolute Gasteiger partial charge is 0.261 e. The van der Waals surface area contributed by atoms with Crippen LogP contribution in [0.5, 0.6) is 5.75 Å². The summed E-state index contributed by atoms with van der Waals surface area (Å²) >= 11 is 1.25. The van der Waals surface area contributed by atoms with Gasteiger partial charge in [-0.05, 0) is 30.3 Å². The number of hydrogen-bond donors (Lipinski definition) is 2. The van der Waals surface area contributed by atoms with E-state index in [4.69, 9.17) is 4.74 Å². The molecule has 0 bridgehead atoms. The predicted octanol–water partition coefficient (Wildman–Crippen LogP) is 4.17. The van der Waals surface area contributed by atoms with Crippen LogP contribution in [0.1, 0.15) is 17.3 Å². The van der Waals surface area contributed by atoms with Gasteiger partial charge in [-0.1, -0.05) is 12.1 Å². The minimum atomic E-state index is -0.528. The molecule has 0 aliphatic carbocycles. The second-order valence-electron chi connectivity index (χ2n) is 5.60. The number of hydrogen-bond acceptors (Lipinski definition) is 5. The van der Waals surface area contributed by atoms with Crippen LogP contribution in [-0.4, -0.2) is 23.9 Å². The van der Waals surface area contributed by atoms with Gasteiger partial charge in [-0.25, -0.2) is 9.37 Å². The molecule has 0 aliphatic rings. The third kappa shape index (κ3) is 4.48. The highest BCUT2D eigenvalue weighted by molar-refractivity contribution is 7.14. The molecule has 3 rings (SSSR count). The van der Waals surface area contributed by atoms with Crippen molar-refractivity contribution in [2.75, 3.05) is 17.7 Å². The number of aromatic nitrogens is 1. The van der Waals surface area contributed by atoms with E-state index in [1.165, 1.54) is 37.5 Å². The Labute approximate surface area is 159 Å². The molecule has 27 heavy (non-hydrogen) atoms. The lowest BCUT2D eigenvalue weighted by Gasteiger charge is -2.07. The Morgan fingerprint density at radius 3 is 2.52 bits per heavy atom. The fraction of sp³-hybridized carbons (Fsp3) is 0.105. The number of amides is 2. The Balaban J connectivity index is 1.75. The van der Waals surface area contributed by atoms with E-state index in [2.05, 4.69) is 15.6 Å². The first-order valence-corrected chi connectivity index (χ1v) is 8.82. The van der Waals surface area contributed by atoms with E-state index < -0.39 is 11.7 Å². The molecular weight excluding hydrogens is 369 g/mol. The number of carbonyl (C=O) groups is 2. The molecule has 0 unspecified atom stereocenters.